The third kappa shape index (κ3) is 11.3. The second-order valence-corrected chi connectivity index (χ2v) is 2.38. The van der Waals surface area contributed by atoms with Crippen LogP contribution in [-0.2, 0) is 0 Å². The zero-order valence-corrected chi connectivity index (χ0v) is 8.81. The zero-order valence-electron chi connectivity index (χ0n) is 9.40. The van der Waals surface area contributed by atoms with Crippen LogP contribution in [0.5, 0.6) is 0 Å². The molecule has 0 aromatic heterocycles. The number of hydrogen-bond donors (Lipinski definition) is 0. The Labute approximate surface area is 84.2 Å². The molecular weight excluding hydrogens is 132 g/mol. The third-order valence-corrected chi connectivity index (χ3v) is 1.38. The van der Waals surface area contributed by atoms with E-state index in [-0.39, 0.29) is 25.9 Å². The van der Waals surface area contributed by atoms with Gasteiger partial charge >= 0.3 is 23.1 Å². The van der Waals surface area contributed by atoms with Crippen molar-refractivity contribution in [2.45, 2.75) is 46.0 Å². The molecule has 0 saturated heterocycles. The molecule has 0 radical (unpaired) electrons. The Balaban J connectivity index is -0.000000107. The van der Waals surface area contributed by atoms with Crippen molar-refractivity contribution < 1.29 is 2.85 Å². The largest absolute Gasteiger partial charge is 2.00 e. The summed E-state index contributed by atoms with van der Waals surface area (Å²) in [5.74, 6) is 0. The predicted octanol–water partition coefficient (Wildman–Crippen LogP) is 3.38. The Kier molecular flexibility index (Phi) is 16.0. The Hall–Kier alpha value is 0.506. The summed E-state index contributed by atoms with van der Waals surface area (Å²) in [6, 6.07) is 0. The van der Waals surface area contributed by atoms with Crippen molar-refractivity contribution in [2.75, 3.05) is 0 Å². The number of hydrogen-bond acceptors (Lipinski definition) is 0. The molecule has 0 nitrogen and oxygen atoms in total. The molecule has 58 valence electrons. The normalized spacial score (nSPS) is 9.80. The molecule has 0 atom stereocenters. The van der Waals surface area contributed by atoms with Gasteiger partial charge in [0, 0.05) is 0 Å². The molecule has 0 heterocycles. The first kappa shape index (κ1) is 13.1. The Morgan fingerprint density at radius 1 is 1.10 bits per heavy atom. The van der Waals surface area contributed by atoms with Gasteiger partial charge in [0.2, 0.25) is 0 Å². The van der Waals surface area contributed by atoms with Crippen LogP contribution in [0.4, 0.5) is 0 Å². The van der Waals surface area contributed by atoms with E-state index in [0.717, 1.165) is 0 Å². The van der Waals surface area contributed by atoms with E-state index in [1.54, 1.807) is 0 Å². The van der Waals surface area contributed by atoms with Gasteiger partial charge in [0.25, 0.3) is 0 Å². The molecule has 0 aromatic carbocycles. The minimum Gasteiger partial charge on any atom is -1.00 e. The van der Waals surface area contributed by atoms with Crippen LogP contribution >= 0.6 is 0 Å². The van der Waals surface area contributed by atoms with Crippen molar-refractivity contribution in [3.63, 3.8) is 0 Å². The summed E-state index contributed by atoms with van der Waals surface area (Å²) in [4.78, 5) is 0. The van der Waals surface area contributed by atoms with Gasteiger partial charge in [0.1, 0.15) is 0 Å². The average molecular weight is 153 g/mol. The number of rotatable bonds is 5. The van der Waals surface area contributed by atoms with Crippen molar-refractivity contribution in [2.24, 2.45) is 0 Å². The first-order valence-corrected chi connectivity index (χ1v) is 4.06. The molecule has 0 aliphatic carbocycles. The Bertz CT molecular complexity index is 74.9. The zero-order chi connectivity index (χ0) is 6.95. The smallest absolute Gasteiger partial charge is 1.00 e. The molecule has 10 heavy (non-hydrogen) atoms. The van der Waals surface area contributed by atoms with Crippen molar-refractivity contribution in [3.8, 4) is 0 Å². The fourth-order valence-corrected chi connectivity index (χ4v) is 0.797. The predicted molar refractivity (Wildman–Crippen MR) is 51.6 cm³/mol. The van der Waals surface area contributed by atoms with Crippen LogP contribution < -0.4 is 0 Å². The van der Waals surface area contributed by atoms with Crippen LogP contribution in [0.15, 0.2) is 12.2 Å². The Morgan fingerprint density at radius 2 is 1.80 bits per heavy atom. The van der Waals surface area contributed by atoms with E-state index in [2.05, 4.69) is 26.0 Å². The maximum atomic E-state index is 2.29. The second-order valence-electron chi connectivity index (χ2n) is 2.38. The molecule has 0 unspecified atom stereocenters. The molecule has 0 aliphatic rings. The van der Waals surface area contributed by atoms with E-state index < -0.39 is 0 Å². The summed E-state index contributed by atoms with van der Waals surface area (Å²) in [6.07, 6.45) is 11.1. The maximum Gasteiger partial charge on any atom is 2.00 e. The molecule has 0 bridgehead atoms. The average Bonchev–Trinajstić information content (AvgIpc) is 1.89. The van der Waals surface area contributed by atoms with Crippen LogP contribution in [-0.4, -0.2) is 23.1 Å². The monoisotopic (exact) mass is 152 g/mol. The minimum atomic E-state index is 0. The van der Waals surface area contributed by atoms with Gasteiger partial charge in [-0.2, -0.15) is 0 Å². The number of allylic oxidation sites excluding steroid dienone is 2. The standard InChI is InChI=1S/C9H18.Mg.2H/c1-3-5-7-9-8-6-4-2;;;/h5,7H,3-4,6,8-9H2,1-2H3;;;/q;+2;2*-1/b7-5-;;;. The van der Waals surface area contributed by atoms with E-state index in [0.29, 0.717) is 0 Å². The van der Waals surface area contributed by atoms with Crippen LogP contribution in [0, 0.1) is 0 Å². The fraction of sp³-hybridized carbons (Fsp3) is 0.778. The van der Waals surface area contributed by atoms with Gasteiger partial charge in [0.15, 0.2) is 0 Å². The van der Waals surface area contributed by atoms with E-state index in [4.69, 9.17) is 0 Å². The fourth-order valence-electron chi connectivity index (χ4n) is 0.797. The van der Waals surface area contributed by atoms with Gasteiger partial charge in [-0.15, -0.1) is 0 Å². The molecule has 0 N–H and O–H groups in total. The molecule has 1 heteroatoms. The molecule has 0 saturated carbocycles. The van der Waals surface area contributed by atoms with Crippen LogP contribution in [0.1, 0.15) is 48.8 Å². The van der Waals surface area contributed by atoms with Crippen LogP contribution in [0.3, 0.4) is 0 Å². The molecular formula is C9H20Mg. The summed E-state index contributed by atoms with van der Waals surface area (Å²) >= 11 is 0. The number of unbranched alkanes of at least 4 members (excludes halogenated alkanes) is 3. The first-order chi connectivity index (χ1) is 4.41. The summed E-state index contributed by atoms with van der Waals surface area (Å²) in [6.45, 7) is 4.42. The van der Waals surface area contributed by atoms with Gasteiger partial charge in [0.05, 0.1) is 0 Å². The molecule has 0 aliphatic heterocycles. The molecule has 0 amide bonds. The van der Waals surface area contributed by atoms with Gasteiger partial charge in [-0.05, 0) is 19.3 Å². The van der Waals surface area contributed by atoms with Crippen molar-refractivity contribution >= 4 is 23.1 Å². The van der Waals surface area contributed by atoms with E-state index >= 15 is 0 Å². The quantitative estimate of drug-likeness (QED) is 0.322. The van der Waals surface area contributed by atoms with Gasteiger partial charge < -0.3 is 2.85 Å². The maximum absolute atomic E-state index is 2.29. The Morgan fingerprint density at radius 3 is 2.30 bits per heavy atom. The van der Waals surface area contributed by atoms with Gasteiger partial charge in [-0.3, -0.25) is 0 Å². The summed E-state index contributed by atoms with van der Waals surface area (Å²) < 4.78 is 0. The SMILES string of the molecule is CC/C=C\CCCCC.[H-].[H-].[Mg+2]. The molecule has 0 aromatic rings. The van der Waals surface area contributed by atoms with Crippen molar-refractivity contribution in [3.05, 3.63) is 12.2 Å². The second kappa shape index (κ2) is 12.2. The van der Waals surface area contributed by atoms with Crippen LogP contribution in [0.25, 0.3) is 0 Å². The molecule has 0 spiro atoms. The molecule has 0 fully saturated rings. The third-order valence-electron chi connectivity index (χ3n) is 1.38. The van der Waals surface area contributed by atoms with E-state index in [1.165, 1.54) is 32.1 Å². The van der Waals surface area contributed by atoms with Gasteiger partial charge in [-0.1, -0.05) is 38.8 Å². The van der Waals surface area contributed by atoms with E-state index in [9.17, 15) is 0 Å². The van der Waals surface area contributed by atoms with Crippen molar-refractivity contribution in [1.82, 2.24) is 0 Å². The first-order valence-electron chi connectivity index (χ1n) is 4.06. The summed E-state index contributed by atoms with van der Waals surface area (Å²) in [7, 11) is 0. The van der Waals surface area contributed by atoms with Gasteiger partial charge in [-0.25, -0.2) is 0 Å². The summed E-state index contributed by atoms with van der Waals surface area (Å²) in [5.41, 5.74) is 0. The molecule has 0 rings (SSSR count). The van der Waals surface area contributed by atoms with Crippen molar-refractivity contribution in [1.29, 1.82) is 0 Å². The topological polar surface area (TPSA) is 0 Å². The minimum absolute atomic E-state index is 0. The van der Waals surface area contributed by atoms with E-state index in [1.807, 2.05) is 0 Å². The van der Waals surface area contributed by atoms with Crippen LogP contribution in [0.2, 0.25) is 0 Å². The summed E-state index contributed by atoms with van der Waals surface area (Å²) in [5, 5.41) is 0.